The van der Waals surface area contributed by atoms with Gasteiger partial charge in [0.2, 0.25) is 0 Å². The van der Waals surface area contributed by atoms with Crippen LogP contribution in [0, 0.1) is 0 Å². The average molecular weight is 291 g/mol. The summed E-state index contributed by atoms with van der Waals surface area (Å²) in [6.45, 7) is 2.18. The first-order valence-corrected chi connectivity index (χ1v) is 7.55. The molecule has 2 rings (SSSR count). The van der Waals surface area contributed by atoms with Gasteiger partial charge in [-0.25, -0.2) is 0 Å². The van der Waals surface area contributed by atoms with Gasteiger partial charge in [-0.15, -0.1) is 11.3 Å². The highest BCUT2D eigenvalue weighted by atomic mass is 32.1. The molecule has 1 atom stereocenters. The van der Waals surface area contributed by atoms with E-state index in [1.807, 2.05) is 6.07 Å². The van der Waals surface area contributed by atoms with Crippen LogP contribution in [0.5, 0.6) is 0 Å². The maximum atomic E-state index is 5.75. The number of nitrogens with two attached hydrogens (primary N) is 1. The Bertz CT molecular complexity index is 537. The van der Waals surface area contributed by atoms with E-state index in [0.29, 0.717) is 4.99 Å². The van der Waals surface area contributed by atoms with E-state index in [4.69, 9.17) is 18.0 Å². The van der Waals surface area contributed by atoms with Crippen molar-refractivity contribution in [1.82, 2.24) is 4.98 Å². The predicted molar refractivity (Wildman–Crippen MR) is 85.7 cm³/mol. The molecular weight excluding hydrogens is 274 g/mol. The molecule has 0 aromatic carbocycles. The molecule has 1 unspecified atom stereocenters. The van der Waals surface area contributed by atoms with Gasteiger partial charge in [-0.1, -0.05) is 31.6 Å². The molecule has 19 heavy (non-hydrogen) atoms. The Balaban J connectivity index is 2.25. The number of aromatic nitrogens is 1. The third-order valence-electron chi connectivity index (χ3n) is 2.88. The van der Waals surface area contributed by atoms with Crippen LogP contribution in [0.4, 0.5) is 5.69 Å². The highest BCUT2D eigenvalue weighted by molar-refractivity contribution is 7.80. The quantitative estimate of drug-likeness (QED) is 0.796. The van der Waals surface area contributed by atoms with Crippen LogP contribution in [-0.2, 0) is 0 Å². The molecule has 0 saturated carbocycles. The molecule has 100 valence electrons. The SMILES string of the molecule is CCCC(Nc1cnccc1C(N)=S)c1cccs1. The lowest BCUT2D eigenvalue weighted by Crippen LogP contribution is -2.16. The van der Waals surface area contributed by atoms with E-state index in [-0.39, 0.29) is 6.04 Å². The van der Waals surface area contributed by atoms with Gasteiger partial charge >= 0.3 is 0 Å². The van der Waals surface area contributed by atoms with E-state index >= 15 is 0 Å². The lowest BCUT2D eigenvalue weighted by atomic mass is 10.1. The van der Waals surface area contributed by atoms with Crippen molar-refractivity contribution in [3.63, 3.8) is 0 Å². The van der Waals surface area contributed by atoms with Gasteiger partial charge < -0.3 is 11.1 Å². The molecule has 5 heteroatoms. The van der Waals surface area contributed by atoms with Gasteiger partial charge in [-0.3, -0.25) is 4.98 Å². The lowest BCUT2D eigenvalue weighted by Gasteiger charge is -2.19. The Morgan fingerprint density at radius 2 is 2.37 bits per heavy atom. The van der Waals surface area contributed by atoms with Crippen molar-refractivity contribution in [3.05, 3.63) is 46.4 Å². The summed E-state index contributed by atoms with van der Waals surface area (Å²) in [6.07, 6.45) is 5.66. The van der Waals surface area contributed by atoms with Crippen LogP contribution in [0.2, 0.25) is 0 Å². The average Bonchev–Trinajstić information content (AvgIpc) is 2.92. The van der Waals surface area contributed by atoms with E-state index in [9.17, 15) is 0 Å². The van der Waals surface area contributed by atoms with Crippen LogP contribution in [0.15, 0.2) is 36.0 Å². The number of thiocarbonyl (C=S) groups is 1. The highest BCUT2D eigenvalue weighted by Crippen LogP contribution is 2.28. The van der Waals surface area contributed by atoms with Gasteiger partial charge in [0.15, 0.2) is 0 Å². The number of nitrogens with zero attached hydrogens (tertiary/aromatic N) is 1. The summed E-state index contributed by atoms with van der Waals surface area (Å²) in [4.78, 5) is 5.86. The third kappa shape index (κ3) is 3.52. The first-order valence-electron chi connectivity index (χ1n) is 6.26. The van der Waals surface area contributed by atoms with Crippen LogP contribution in [0.25, 0.3) is 0 Å². The van der Waals surface area contributed by atoms with Crippen LogP contribution < -0.4 is 11.1 Å². The lowest BCUT2D eigenvalue weighted by molar-refractivity contribution is 0.687. The fourth-order valence-corrected chi connectivity index (χ4v) is 2.97. The molecule has 0 fully saturated rings. The van der Waals surface area contributed by atoms with Crippen molar-refractivity contribution in [2.45, 2.75) is 25.8 Å². The van der Waals surface area contributed by atoms with Gasteiger partial charge in [0.1, 0.15) is 4.99 Å². The molecule has 0 aliphatic rings. The summed E-state index contributed by atoms with van der Waals surface area (Å²) >= 11 is 6.84. The second-order valence-electron chi connectivity index (χ2n) is 4.29. The zero-order valence-electron chi connectivity index (χ0n) is 10.8. The van der Waals surface area contributed by atoms with E-state index in [1.54, 1.807) is 23.7 Å². The van der Waals surface area contributed by atoms with Crippen molar-refractivity contribution < 1.29 is 0 Å². The predicted octanol–water partition coefficient (Wildman–Crippen LogP) is 3.73. The number of hydrogen-bond donors (Lipinski definition) is 2. The van der Waals surface area contributed by atoms with Gasteiger partial charge in [0, 0.05) is 16.6 Å². The van der Waals surface area contributed by atoms with E-state index in [1.165, 1.54) is 4.88 Å². The minimum Gasteiger partial charge on any atom is -0.389 e. The smallest absolute Gasteiger partial charge is 0.106 e. The number of rotatable bonds is 6. The molecule has 0 saturated heterocycles. The van der Waals surface area contributed by atoms with Crippen molar-refractivity contribution in [1.29, 1.82) is 0 Å². The molecule has 3 N–H and O–H groups in total. The van der Waals surface area contributed by atoms with Gasteiger partial charge in [-0.2, -0.15) is 0 Å². The number of pyridine rings is 1. The zero-order chi connectivity index (χ0) is 13.7. The van der Waals surface area contributed by atoms with Crippen LogP contribution >= 0.6 is 23.6 Å². The Labute approximate surface area is 122 Å². The first-order chi connectivity index (χ1) is 9.22. The largest absolute Gasteiger partial charge is 0.389 e. The molecule has 2 aromatic heterocycles. The Morgan fingerprint density at radius 1 is 1.53 bits per heavy atom. The topological polar surface area (TPSA) is 50.9 Å². The molecule has 3 nitrogen and oxygen atoms in total. The Hall–Kier alpha value is -1.46. The van der Waals surface area contributed by atoms with E-state index < -0.39 is 0 Å². The monoisotopic (exact) mass is 291 g/mol. The van der Waals surface area contributed by atoms with Crippen molar-refractivity contribution in [2.24, 2.45) is 5.73 Å². The van der Waals surface area contributed by atoms with Crippen LogP contribution in [0.1, 0.15) is 36.2 Å². The number of thiophene rings is 1. The molecule has 0 spiro atoms. The summed E-state index contributed by atoms with van der Waals surface area (Å²) in [5.41, 5.74) is 7.50. The maximum Gasteiger partial charge on any atom is 0.106 e. The van der Waals surface area contributed by atoms with Crippen LogP contribution in [-0.4, -0.2) is 9.97 Å². The zero-order valence-corrected chi connectivity index (χ0v) is 12.4. The maximum absolute atomic E-state index is 5.75. The van der Waals surface area contributed by atoms with Gasteiger partial charge in [0.25, 0.3) is 0 Å². The Kier molecular flexibility index (Phi) is 4.87. The molecule has 0 amide bonds. The fraction of sp³-hybridized carbons (Fsp3) is 0.286. The van der Waals surface area contributed by atoms with Gasteiger partial charge in [-0.05, 0) is 23.9 Å². The summed E-state index contributed by atoms with van der Waals surface area (Å²) in [6, 6.07) is 6.35. The standard InChI is InChI=1S/C14H17N3S2/c1-2-4-11(13-5-3-8-19-13)17-12-9-16-7-6-10(12)14(15)18/h3,5-9,11,17H,2,4H2,1H3,(H2,15,18). The minimum absolute atomic E-state index is 0.280. The molecule has 0 bridgehead atoms. The molecule has 0 aliphatic carbocycles. The molecular formula is C14H17N3S2. The summed E-state index contributed by atoms with van der Waals surface area (Å²) in [7, 11) is 0. The Morgan fingerprint density at radius 3 is 3.00 bits per heavy atom. The summed E-state index contributed by atoms with van der Waals surface area (Å²) < 4.78 is 0. The number of anilines is 1. The van der Waals surface area contributed by atoms with Crippen LogP contribution in [0.3, 0.4) is 0 Å². The van der Waals surface area contributed by atoms with Gasteiger partial charge in [0.05, 0.1) is 17.9 Å². The normalized spacial score (nSPS) is 12.1. The summed E-state index contributed by atoms with van der Waals surface area (Å²) in [5, 5.41) is 5.61. The number of hydrogen-bond acceptors (Lipinski definition) is 4. The minimum atomic E-state index is 0.280. The van der Waals surface area contributed by atoms with E-state index in [2.05, 4.69) is 34.7 Å². The fourth-order valence-electron chi connectivity index (χ4n) is 1.98. The number of nitrogens with one attached hydrogen (secondary N) is 1. The molecule has 0 radical (unpaired) electrons. The van der Waals surface area contributed by atoms with Crippen molar-refractivity contribution >= 4 is 34.2 Å². The first kappa shape index (κ1) is 14.0. The molecule has 0 aliphatic heterocycles. The highest BCUT2D eigenvalue weighted by Gasteiger charge is 2.14. The third-order valence-corrected chi connectivity index (χ3v) is 4.09. The van der Waals surface area contributed by atoms with Crippen molar-refractivity contribution in [2.75, 3.05) is 5.32 Å². The van der Waals surface area contributed by atoms with E-state index in [0.717, 1.165) is 24.1 Å². The second kappa shape index (κ2) is 6.63. The second-order valence-corrected chi connectivity index (χ2v) is 5.71. The summed E-state index contributed by atoms with van der Waals surface area (Å²) in [5.74, 6) is 0. The molecule has 2 heterocycles. The molecule has 2 aromatic rings. The van der Waals surface area contributed by atoms with Crippen molar-refractivity contribution in [3.8, 4) is 0 Å².